The minimum Gasteiger partial charge on any atom is -0.354 e. The van der Waals surface area contributed by atoms with E-state index in [0.29, 0.717) is 5.02 Å². The van der Waals surface area contributed by atoms with Crippen LogP contribution in [-0.4, -0.2) is 41.0 Å². The van der Waals surface area contributed by atoms with Crippen molar-refractivity contribution < 1.29 is 22.7 Å². The predicted molar refractivity (Wildman–Crippen MR) is 77.6 cm³/mol. The summed E-state index contributed by atoms with van der Waals surface area (Å²) in [7, 11) is -1.14. The molecule has 1 aromatic carbocycles. The zero-order chi connectivity index (χ0) is 16.0. The standard InChI is InChI=1S/C12H17ClN2O5S/c1-8(11(19-2)20-3)14-12(16)15-21(17,18)10-6-4-9(13)5-7-10/h4-8,11H,1-3H3,(H2,14,15,16). The molecule has 1 unspecified atom stereocenters. The number of rotatable bonds is 6. The lowest BCUT2D eigenvalue weighted by Crippen LogP contribution is -2.48. The number of urea groups is 1. The molecule has 0 aliphatic heterocycles. The maximum Gasteiger partial charge on any atom is 0.329 e. The Bertz CT molecular complexity index is 572. The first-order valence-corrected chi connectivity index (χ1v) is 7.80. The van der Waals surface area contributed by atoms with Gasteiger partial charge in [-0.3, -0.25) is 0 Å². The Balaban J connectivity index is 2.71. The summed E-state index contributed by atoms with van der Waals surface area (Å²) in [5.41, 5.74) is 0. The number of sulfonamides is 1. The maximum absolute atomic E-state index is 12.0. The molecule has 0 bridgehead atoms. The largest absolute Gasteiger partial charge is 0.354 e. The summed E-state index contributed by atoms with van der Waals surface area (Å²) < 4.78 is 35.8. The summed E-state index contributed by atoms with van der Waals surface area (Å²) in [6.07, 6.45) is -0.686. The molecule has 0 spiro atoms. The number of methoxy groups -OCH3 is 2. The van der Waals surface area contributed by atoms with Crippen LogP contribution in [0.25, 0.3) is 0 Å². The van der Waals surface area contributed by atoms with E-state index in [2.05, 4.69) is 5.32 Å². The third-order valence-corrected chi connectivity index (χ3v) is 4.18. The van der Waals surface area contributed by atoms with Crippen molar-refractivity contribution in [1.82, 2.24) is 10.0 Å². The first-order valence-electron chi connectivity index (χ1n) is 5.94. The normalized spacial score (nSPS) is 13.0. The number of ether oxygens (including phenoxy) is 2. The predicted octanol–water partition coefficient (Wildman–Crippen LogP) is 1.34. The molecular formula is C12H17ClN2O5S. The molecule has 0 aromatic heterocycles. The minimum atomic E-state index is -3.96. The summed E-state index contributed by atoms with van der Waals surface area (Å²) in [5, 5.41) is 2.81. The Kier molecular flexibility index (Phi) is 6.41. The van der Waals surface area contributed by atoms with Crippen LogP contribution in [-0.2, 0) is 19.5 Å². The van der Waals surface area contributed by atoms with Crippen LogP contribution in [0.15, 0.2) is 29.2 Å². The lowest BCUT2D eigenvalue weighted by molar-refractivity contribution is -0.117. The summed E-state index contributed by atoms with van der Waals surface area (Å²) in [6.45, 7) is 1.62. The molecule has 118 valence electrons. The van der Waals surface area contributed by atoms with Crippen LogP contribution >= 0.6 is 11.6 Å². The molecule has 0 saturated heterocycles. The van der Waals surface area contributed by atoms with E-state index < -0.39 is 28.4 Å². The number of hydrogen-bond acceptors (Lipinski definition) is 5. The Morgan fingerprint density at radius 1 is 1.19 bits per heavy atom. The van der Waals surface area contributed by atoms with Gasteiger partial charge in [-0.25, -0.2) is 17.9 Å². The Labute approximate surface area is 128 Å². The van der Waals surface area contributed by atoms with E-state index in [1.807, 2.05) is 4.72 Å². The summed E-state index contributed by atoms with van der Waals surface area (Å²) in [5.74, 6) is 0. The van der Waals surface area contributed by atoms with Crippen molar-refractivity contribution in [1.29, 1.82) is 0 Å². The van der Waals surface area contributed by atoms with E-state index in [1.165, 1.54) is 38.5 Å². The number of hydrogen-bond donors (Lipinski definition) is 2. The van der Waals surface area contributed by atoms with Crippen LogP contribution < -0.4 is 10.0 Å². The SMILES string of the molecule is COC(OC)C(C)NC(=O)NS(=O)(=O)c1ccc(Cl)cc1. The van der Waals surface area contributed by atoms with Crippen molar-refractivity contribution in [3.63, 3.8) is 0 Å². The summed E-state index contributed by atoms with van der Waals surface area (Å²) in [6, 6.07) is 4.02. The van der Waals surface area contributed by atoms with Gasteiger partial charge in [-0.05, 0) is 31.2 Å². The number of benzene rings is 1. The van der Waals surface area contributed by atoms with Crippen LogP contribution in [0, 0.1) is 0 Å². The van der Waals surface area contributed by atoms with E-state index >= 15 is 0 Å². The van der Waals surface area contributed by atoms with Crippen LogP contribution in [0.3, 0.4) is 0 Å². The minimum absolute atomic E-state index is 0.0651. The molecule has 7 nitrogen and oxygen atoms in total. The van der Waals surface area contributed by atoms with Crippen molar-refractivity contribution in [2.75, 3.05) is 14.2 Å². The Morgan fingerprint density at radius 2 is 1.71 bits per heavy atom. The average molecular weight is 337 g/mol. The molecule has 9 heteroatoms. The molecule has 21 heavy (non-hydrogen) atoms. The van der Waals surface area contributed by atoms with E-state index in [1.54, 1.807) is 6.92 Å². The average Bonchev–Trinajstić information content (AvgIpc) is 2.39. The van der Waals surface area contributed by atoms with Gasteiger partial charge in [0.1, 0.15) is 0 Å². The first-order chi connectivity index (χ1) is 9.80. The highest BCUT2D eigenvalue weighted by atomic mass is 35.5. The highest BCUT2D eigenvalue weighted by Crippen LogP contribution is 2.13. The van der Waals surface area contributed by atoms with Crippen LogP contribution in [0.5, 0.6) is 0 Å². The number of nitrogens with one attached hydrogen (secondary N) is 2. The van der Waals surface area contributed by atoms with E-state index in [9.17, 15) is 13.2 Å². The topological polar surface area (TPSA) is 93.7 Å². The third kappa shape index (κ3) is 5.16. The van der Waals surface area contributed by atoms with Crippen molar-refractivity contribution in [2.45, 2.75) is 24.2 Å². The van der Waals surface area contributed by atoms with Gasteiger partial charge in [0.25, 0.3) is 10.0 Å². The quantitative estimate of drug-likeness (QED) is 0.764. The molecule has 1 rings (SSSR count). The number of carbonyl (C=O) groups excluding carboxylic acids is 1. The molecule has 0 fully saturated rings. The van der Waals surface area contributed by atoms with Gasteiger partial charge in [-0.1, -0.05) is 11.6 Å². The van der Waals surface area contributed by atoms with Crippen molar-refractivity contribution in [2.24, 2.45) is 0 Å². The van der Waals surface area contributed by atoms with Crippen LogP contribution in [0.2, 0.25) is 5.02 Å². The molecule has 0 aliphatic carbocycles. The lowest BCUT2D eigenvalue weighted by atomic mass is 10.3. The molecular weight excluding hydrogens is 320 g/mol. The molecule has 0 radical (unpaired) electrons. The lowest BCUT2D eigenvalue weighted by Gasteiger charge is -2.22. The molecule has 0 aliphatic rings. The smallest absolute Gasteiger partial charge is 0.329 e. The first kappa shape index (κ1) is 17.7. The van der Waals surface area contributed by atoms with Crippen molar-refractivity contribution in [3.8, 4) is 0 Å². The van der Waals surface area contributed by atoms with E-state index in [-0.39, 0.29) is 4.90 Å². The van der Waals surface area contributed by atoms with E-state index in [4.69, 9.17) is 21.1 Å². The van der Waals surface area contributed by atoms with Crippen LogP contribution in [0.4, 0.5) is 4.79 Å². The molecule has 1 atom stereocenters. The molecule has 2 amide bonds. The molecule has 0 heterocycles. The van der Waals surface area contributed by atoms with Gasteiger partial charge in [-0.15, -0.1) is 0 Å². The summed E-state index contributed by atoms with van der Waals surface area (Å²) in [4.78, 5) is 11.6. The second-order valence-electron chi connectivity index (χ2n) is 4.16. The van der Waals surface area contributed by atoms with Gasteiger partial charge < -0.3 is 14.8 Å². The molecule has 0 saturated carbocycles. The molecule has 2 N–H and O–H groups in total. The zero-order valence-electron chi connectivity index (χ0n) is 11.8. The van der Waals surface area contributed by atoms with Gasteiger partial charge in [0.2, 0.25) is 0 Å². The second-order valence-corrected chi connectivity index (χ2v) is 6.28. The number of amides is 2. The fourth-order valence-electron chi connectivity index (χ4n) is 1.60. The van der Waals surface area contributed by atoms with Gasteiger partial charge in [0, 0.05) is 19.2 Å². The second kappa shape index (κ2) is 7.60. The monoisotopic (exact) mass is 336 g/mol. The highest BCUT2D eigenvalue weighted by molar-refractivity contribution is 7.90. The van der Waals surface area contributed by atoms with Gasteiger partial charge >= 0.3 is 6.03 Å². The fourth-order valence-corrected chi connectivity index (χ4v) is 2.64. The van der Waals surface area contributed by atoms with Crippen LogP contribution in [0.1, 0.15) is 6.92 Å². The number of carbonyl (C=O) groups is 1. The zero-order valence-corrected chi connectivity index (χ0v) is 13.4. The highest BCUT2D eigenvalue weighted by Gasteiger charge is 2.22. The number of halogens is 1. The maximum atomic E-state index is 12.0. The van der Waals surface area contributed by atoms with Crippen molar-refractivity contribution >= 4 is 27.7 Å². The summed E-state index contributed by atoms with van der Waals surface area (Å²) >= 11 is 5.68. The van der Waals surface area contributed by atoms with Gasteiger partial charge in [0.15, 0.2) is 6.29 Å². The molecule has 1 aromatic rings. The fraction of sp³-hybridized carbons (Fsp3) is 0.417. The van der Waals surface area contributed by atoms with Gasteiger partial charge in [0.05, 0.1) is 10.9 Å². The van der Waals surface area contributed by atoms with E-state index in [0.717, 1.165) is 0 Å². The van der Waals surface area contributed by atoms with Crippen molar-refractivity contribution in [3.05, 3.63) is 29.3 Å². The Hall–Kier alpha value is -1.35. The van der Waals surface area contributed by atoms with Gasteiger partial charge in [-0.2, -0.15) is 0 Å². The Morgan fingerprint density at radius 3 is 2.19 bits per heavy atom. The third-order valence-electron chi connectivity index (χ3n) is 2.58.